The average Bonchev–Trinajstić information content (AvgIpc) is 3.25. The number of carbonyl (C=O) groups excluding carboxylic acids is 2. The smallest absolute Gasteiger partial charge is 0.275 e. The van der Waals surface area contributed by atoms with Crippen LogP contribution >= 0.6 is 0 Å². The Labute approximate surface area is 247 Å². The molecule has 0 radical (unpaired) electrons. The lowest BCUT2D eigenvalue weighted by molar-refractivity contribution is 0.0707. The summed E-state index contributed by atoms with van der Waals surface area (Å²) in [4.78, 5) is 25.4. The second-order valence-corrected chi connectivity index (χ2v) is 11.2. The molecule has 214 valence electrons. The van der Waals surface area contributed by atoms with Gasteiger partial charge in [-0.2, -0.15) is 0 Å². The van der Waals surface area contributed by atoms with Crippen LogP contribution in [0.15, 0.2) is 91.0 Å². The van der Waals surface area contributed by atoms with Gasteiger partial charge in [0.1, 0.15) is 0 Å². The summed E-state index contributed by atoms with van der Waals surface area (Å²) in [6.45, 7) is 11.2. The Balaban J connectivity index is 1.37. The van der Waals surface area contributed by atoms with E-state index in [2.05, 4.69) is 74.0 Å². The molecule has 0 bridgehead atoms. The van der Waals surface area contributed by atoms with Crippen molar-refractivity contribution < 1.29 is 14.8 Å². The van der Waals surface area contributed by atoms with E-state index in [0.717, 1.165) is 44.4 Å². The van der Waals surface area contributed by atoms with Crippen LogP contribution in [0.3, 0.4) is 0 Å². The number of nitrogens with zero attached hydrogens (tertiary/aromatic N) is 1. The van der Waals surface area contributed by atoms with Gasteiger partial charge in [-0.1, -0.05) is 80.6 Å². The number of rotatable bonds is 8. The second kappa shape index (κ2) is 12.0. The van der Waals surface area contributed by atoms with E-state index in [1.807, 2.05) is 49.4 Å². The Morgan fingerprint density at radius 2 is 1.52 bits per heavy atom. The van der Waals surface area contributed by atoms with Crippen molar-refractivity contribution in [2.24, 2.45) is 0 Å². The Bertz CT molecular complexity index is 1770. The fraction of sp³-hybridized carbons (Fsp3) is 0.222. The molecule has 5 rings (SSSR count). The van der Waals surface area contributed by atoms with Gasteiger partial charge in [-0.25, -0.2) is 5.48 Å². The third-order valence-corrected chi connectivity index (χ3v) is 8.20. The van der Waals surface area contributed by atoms with E-state index in [4.69, 9.17) is 5.21 Å². The summed E-state index contributed by atoms with van der Waals surface area (Å²) in [6, 6.07) is 29.5. The zero-order valence-corrected chi connectivity index (χ0v) is 24.7. The van der Waals surface area contributed by atoms with Crippen LogP contribution in [0.25, 0.3) is 22.0 Å². The molecule has 0 aliphatic rings. The van der Waals surface area contributed by atoms with Gasteiger partial charge in [0.15, 0.2) is 0 Å². The zero-order valence-electron chi connectivity index (χ0n) is 24.7. The molecule has 0 aliphatic carbocycles. The molecule has 0 aliphatic heterocycles. The fourth-order valence-corrected chi connectivity index (χ4v) is 5.51. The molecule has 1 unspecified atom stereocenters. The second-order valence-electron chi connectivity index (χ2n) is 11.2. The maximum absolute atomic E-state index is 13.3. The van der Waals surface area contributed by atoms with Crippen LogP contribution in [0, 0.1) is 13.8 Å². The fourth-order valence-electron chi connectivity index (χ4n) is 5.51. The normalized spacial score (nSPS) is 12.0. The molecule has 4 aromatic carbocycles. The van der Waals surface area contributed by atoms with E-state index in [-0.39, 0.29) is 11.9 Å². The number of fused-ring (bicyclic) bond motifs is 1. The first-order chi connectivity index (χ1) is 20.2. The minimum Gasteiger partial charge on any atom is -0.346 e. The van der Waals surface area contributed by atoms with E-state index in [0.29, 0.717) is 23.6 Å². The molecule has 1 atom stereocenters. The van der Waals surface area contributed by atoms with Crippen LogP contribution in [-0.4, -0.2) is 21.6 Å². The molecule has 1 heterocycles. The summed E-state index contributed by atoms with van der Waals surface area (Å²) in [6.07, 6.45) is 0. The number of hydrogen-bond acceptors (Lipinski definition) is 3. The number of hydrogen-bond donors (Lipinski definition) is 3. The molecule has 6 nitrogen and oxygen atoms in total. The number of nitrogens with one attached hydrogen (secondary N) is 2. The van der Waals surface area contributed by atoms with Crippen LogP contribution in [0.2, 0.25) is 0 Å². The standard InChI is InChI=1S/C36H37N3O3/c1-22(2)28-9-8-10-29(19-28)24(4)37-35(40)30-17-18-34-33(20-30)23(3)25(5)39(34)21-26-13-15-27(16-14-26)31-11-6-7-12-32(31)36(41)38-42/h6-20,22,24,42H,21H2,1-5H3,(H,37,40)(H,38,41). The van der Waals surface area contributed by atoms with Gasteiger partial charge in [0, 0.05) is 34.3 Å². The third kappa shape index (κ3) is 5.71. The molecule has 0 spiro atoms. The zero-order chi connectivity index (χ0) is 30.0. The topological polar surface area (TPSA) is 83.4 Å². The van der Waals surface area contributed by atoms with E-state index in [9.17, 15) is 9.59 Å². The first kappa shape index (κ1) is 28.8. The van der Waals surface area contributed by atoms with Crippen LogP contribution in [0.4, 0.5) is 0 Å². The van der Waals surface area contributed by atoms with Crippen LogP contribution in [-0.2, 0) is 6.54 Å². The average molecular weight is 560 g/mol. The summed E-state index contributed by atoms with van der Waals surface area (Å²) in [5.41, 5.74) is 11.3. The number of amides is 2. The molecule has 0 fully saturated rings. The van der Waals surface area contributed by atoms with Crippen molar-refractivity contribution in [2.75, 3.05) is 0 Å². The van der Waals surface area contributed by atoms with E-state index >= 15 is 0 Å². The van der Waals surface area contributed by atoms with Crippen LogP contribution in [0.1, 0.15) is 81.4 Å². The molecule has 42 heavy (non-hydrogen) atoms. The number of benzene rings is 4. The monoisotopic (exact) mass is 559 g/mol. The van der Waals surface area contributed by atoms with Gasteiger partial charge in [0.05, 0.1) is 6.04 Å². The largest absolute Gasteiger partial charge is 0.346 e. The van der Waals surface area contributed by atoms with Gasteiger partial charge < -0.3 is 9.88 Å². The molecule has 6 heteroatoms. The first-order valence-corrected chi connectivity index (χ1v) is 14.3. The van der Waals surface area contributed by atoms with Crippen molar-refractivity contribution in [3.63, 3.8) is 0 Å². The summed E-state index contributed by atoms with van der Waals surface area (Å²) in [7, 11) is 0. The Hall–Kier alpha value is -4.68. The van der Waals surface area contributed by atoms with Crippen molar-refractivity contribution in [1.29, 1.82) is 0 Å². The first-order valence-electron chi connectivity index (χ1n) is 14.3. The van der Waals surface area contributed by atoms with Gasteiger partial charge in [0.2, 0.25) is 0 Å². The highest BCUT2D eigenvalue weighted by Gasteiger charge is 2.17. The quantitative estimate of drug-likeness (QED) is 0.135. The Kier molecular flexibility index (Phi) is 8.27. The maximum atomic E-state index is 13.3. The van der Waals surface area contributed by atoms with Gasteiger partial charge in [-0.15, -0.1) is 0 Å². The predicted octanol–water partition coefficient (Wildman–Crippen LogP) is 7.71. The summed E-state index contributed by atoms with van der Waals surface area (Å²) in [5, 5.41) is 13.4. The van der Waals surface area contributed by atoms with E-state index in [1.54, 1.807) is 17.6 Å². The minimum absolute atomic E-state index is 0.0881. The van der Waals surface area contributed by atoms with Crippen molar-refractivity contribution in [2.45, 2.75) is 53.1 Å². The number of aryl methyl sites for hydroxylation is 1. The molecular weight excluding hydrogens is 522 g/mol. The number of aromatic nitrogens is 1. The highest BCUT2D eigenvalue weighted by Crippen LogP contribution is 2.29. The third-order valence-electron chi connectivity index (χ3n) is 8.20. The molecule has 0 saturated heterocycles. The summed E-state index contributed by atoms with van der Waals surface area (Å²) in [5.74, 6) is -0.197. The van der Waals surface area contributed by atoms with Gasteiger partial charge in [0.25, 0.3) is 11.8 Å². The number of carbonyl (C=O) groups is 2. The SMILES string of the molecule is Cc1c(C)n(Cc2ccc(-c3ccccc3C(=O)NO)cc2)c2ccc(C(=O)NC(C)c3cccc(C(C)C)c3)cc12. The van der Waals surface area contributed by atoms with E-state index in [1.165, 1.54) is 5.56 Å². The lowest BCUT2D eigenvalue weighted by Gasteiger charge is -2.16. The van der Waals surface area contributed by atoms with Crippen molar-refractivity contribution in [1.82, 2.24) is 15.4 Å². The maximum Gasteiger partial charge on any atom is 0.275 e. The summed E-state index contributed by atoms with van der Waals surface area (Å²) >= 11 is 0. The van der Waals surface area contributed by atoms with Crippen molar-refractivity contribution in [3.05, 3.63) is 130 Å². The van der Waals surface area contributed by atoms with E-state index < -0.39 is 5.91 Å². The molecule has 5 aromatic rings. The predicted molar refractivity (Wildman–Crippen MR) is 168 cm³/mol. The van der Waals surface area contributed by atoms with Crippen LogP contribution < -0.4 is 10.8 Å². The van der Waals surface area contributed by atoms with Crippen molar-refractivity contribution in [3.8, 4) is 11.1 Å². The molecule has 1 aromatic heterocycles. The van der Waals surface area contributed by atoms with Crippen LogP contribution in [0.5, 0.6) is 0 Å². The highest BCUT2D eigenvalue weighted by molar-refractivity contribution is 6.00. The lowest BCUT2D eigenvalue weighted by Crippen LogP contribution is -2.26. The number of hydroxylamine groups is 1. The molecule has 2 amide bonds. The molecule has 3 N–H and O–H groups in total. The molecular formula is C36H37N3O3. The summed E-state index contributed by atoms with van der Waals surface area (Å²) < 4.78 is 2.27. The molecule has 0 saturated carbocycles. The Morgan fingerprint density at radius 1 is 0.810 bits per heavy atom. The van der Waals surface area contributed by atoms with Gasteiger partial charge in [-0.05, 0) is 84.3 Å². The Morgan fingerprint density at radius 3 is 2.24 bits per heavy atom. The highest BCUT2D eigenvalue weighted by atomic mass is 16.5. The van der Waals surface area contributed by atoms with Crippen molar-refractivity contribution >= 4 is 22.7 Å². The lowest BCUT2D eigenvalue weighted by atomic mass is 9.98. The van der Waals surface area contributed by atoms with Gasteiger partial charge >= 0.3 is 0 Å². The van der Waals surface area contributed by atoms with Gasteiger partial charge in [-0.3, -0.25) is 14.8 Å². The minimum atomic E-state index is -0.539.